The first-order valence-corrected chi connectivity index (χ1v) is 19.6. The van der Waals surface area contributed by atoms with Crippen LogP contribution in [0, 0.1) is 33.0 Å². The highest BCUT2D eigenvalue weighted by Crippen LogP contribution is 2.37. The fraction of sp³-hybridized carbons (Fsp3) is 0.161. The number of carbonyl (C=O) groups is 1. The highest BCUT2D eigenvalue weighted by molar-refractivity contribution is 7.86. The van der Waals surface area contributed by atoms with Gasteiger partial charge in [-0.1, -0.05) is 6.07 Å². The lowest BCUT2D eigenvalue weighted by atomic mass is 10.1. The number of rotatable bonds is 17. The van der Waals surface area contributed by atoms with Gasteiger partial charge in [0, 0.05) is 43.3 Å². The van der Waals surface area contributed by atoms with Gasteiger partial charge in [-0.2, -0.15) is 36.2 Å². The van der Waals surface area contributed by atoms with Gasteiger partial charge in [0.25, 0.3) is 25.9 Å². The average molecular weight is 878 g/mol. The van der Waals surface area contributed by atoms with Gasteiger partial charge in [0.2, 0.25) is 23.0 Å². The standard InChI is InChI=1S/C31H29ClFN13O11S2/c1-15-8-16-10-27(59(55,56)57)23(12-18(16)26(9-15)58(52,53)54)44-43-20-3-2-17(11-21(20)39-29(34)47)38-31-41-28(32)40-30(42-31)37-7-5-35-4-6-36-22-13-19(33)24(45(48)49)14-25(22)46(50)51/h2-3,8-14,35-36H,4-7H2,1H3,(H3,34,39,47)(H,52,53,54)(H,55,56,57)(H2,37,38,40,41,42). The van der Waals surface area contributed by atoms with Crippen molar-refractivity contribution in [1.82, 2.24) is 20.3 Å². The van der Waals surface area contributed by atoms with Crippen LogP contribution in [0.4, 0.5) is 60.9 Å². The number of benzene rings is 4. The second-order valence-electron chi connectivity index (χ2n) is 12.0. The van der Waals surface area contributed by atoms with Crippen molar-refractivity contribution in [3.8, 4) is 0 Å². The van der Waals surface area contributed by atoms with Crippen molar-refractivity contribution in [2.45, 2.75) is 16.7 Å². The number of urea groups is 1. The molecule has 2 amide bonds. The Hall–Kier alpha value is -6.78. The van der Waals surface area contributed by atoms with Gasteiger partial charge >= 0.3 is 11.7 Å². The first-order chi connectivity index (χ1) is 27.7. The number of nitro groups is 2. The van der Waals surface area contributed by atoms with E-state index in [1.807, 2.05) is 0 Å². The Morgan fingerprint density at radius 1 is 0.814 bits per heavy atom. The van der Waals surface area contributed by atoms with Crippen LogP contribution in [0.1, 0.15) is 5.56 Å². The molecule has 0 atom stereocenters. The van der Waals surface area contributed by atoms with Gasteiger partial charge in [-0.05, 0) is 65.9 Å². The average Bonchev–Trinajstić information content (AvgIpc) is 3.12. The molecular weight excluding hydrogens is 849 g/mol. The van der Waals surface area contributed by atoms with Crippen molar-refractivity contribution in [3.05, 3.63) is 91.5 Å². The summed E-state index contributed by atoms with van der Waals surface area (Å²) in [5.41, 5.74) is 3.34. The number of aromatic nitrogens is 3. The predicted octanol–water partition coefficient (Wildman–Crippen LogP) is 5.20. The van der Waals surface area contributed by atoms with E-state index < -0.39 is 68.8 Å². The van der Waals surface area contributed by atoms with E-state index in [-0.39, 0.29) is 70.3 Å². The van der Waals surface area contributed by atoms with Crippen molar-refractivity contribution in [2.24, 2.45) is 16.0 Å². The largest absolute Gasteiger partial charge is 0.378 e. The second kappa shape index (κ2) is 17.8. The van der Waals surface area contributed by atoms with Gasteiger partial charge < -0.3 is 32.3 Å². The lowest BCUT2D eigenvalue weighted by Gasteiger charge is -2.12. The van der Waals surface area contributed by atoms with Crippen LogP contribution in [0.5, 0.6) is 0 Å². The normalized spacial score (nSPS) is 11.7. The van der Waals surface area contributed by atoms with Crippen molar-refractivity contribution in [3.63, 3.8) is 0 Å². The number of amides is 2. The van der Waals surface area contributed by atoms with Crippen LogP contribution in [0.15, 0.2) is 74.6 Å². The van der Waals surface area contributed by atoms with Crippen LogP contribution in [-0.2, 0) is 20.2 Å². The van der Waals surface area contributed by atoms with Gasteiger partial charge in [-0.3, -0.25) is 29.3 Å². The summed E-state index contributed by atoms with van der Waals surface area (Å²) in [4.78, 5) is 43.1. The number of nitrogens with zero attached hydrogens (tertiary/aromatic N) is 7. The zero-order chi connectivity index (χ0) is 43.2. The number of hydrogen-bond donors (Lipinski definition) is 8. The molecule has 28 heteroatoms. The number of fused-ring (bicyclic) bond motifs is 1. The molecule has 0 saturated carbocycles. The summed E-state index contributed by atoms with van der Waals surface area (Å²) >= 11 is 6.09. The third-order valence-electron chi connectivity index (χ3n) is 7.74. The highest BCUT2D eigenvalue weighted by atomic mass is 35.5. The minimum Gasteiger partial charge on any atom is -0.378 e. The zero-order valence-corrected chi connectivity index (χ0v) is 32.3. The number of hydrogen-bond acceptors (Lipinski definition) is 18. The third-order valence-corrected chi connectivity index (χ3v) is 9.68. The number of aryl methyl sites for hydroxylation is 1. The highest BCUT2D eigenvalue weighted by Gasteiger charge is 2.25. The van der Waals surface area contributed by atoms with E-state index in [1.165, 1.54) is 31.2 Å². The quantitative estimate of drug-likeness (QED) is 0.0195. The molecule has 0 fully saturated rings. The minimum atomic E-state index is -4.95. The van der Waals surface area contributed by atoms with E-state index >= 15 is 0 Å². The minimum absolute atomic E-state index is 0.0302. The van der Waals surface area contributed by atoms with Crippen LogP contribution in [-0.4, -0.2) is 82.9 Å². The molecule has 0 aliphatic carbocycles. The molecule has 0 aliphatic rings. The Morgan fingerprint density at radius 2 is 1.46 bits per heavy atom. The molecule has 0 saturated heterocycles. The third kappa shape index (κ3) is 11.2. The molecule has 5 aromatic rings. The number of nitrogens with one attached hydrogen (secondary N) is 5. The molecule has 0 aliphatic heterocycles. The Bertz CT molecular complexity index is 2760. The first-order valence-electron chi connectivity index (χ1n) is 16.3. The molecular formula is C31H29ClFN13O11S2. The molecule has 24 nitrogen and oxygen atoms in total. The smallest absolute Gasteiger partial charge is 0.316 e. The molecule has 59 heavy (non-hydrogen) atoms. The molecule has 4 aromatic carbocycles. The topological polar surface area (TPSA) is 362 Å². The number of anilines is 5. The van der Waals surface area contributed by atoms with Crippen LogP contribution in [0.3, 0.4) is 0 Å². The maximum atomic E-state index is 14.0. The van der Waals surface area contributed by atoms with Crippen molar-refractivity contribution in [1.29, 1.82) is 0 Å². The Balaban J connectivity index is 1.27. The van der Waals surface area contributed by atoms with Crippen molar-refractivity contribution < 1.29 is 45.0 Å². The molecule has 0 radical (unpaired) electrons. The van der Waals surface area contributed by atoms with Gasteiger partial charge in [-0.15, -0.1) is 10.2 Å². The van der Waals surface area contributed by atoms with Crippen molar-refractivity contribution >= 4 is 100 Å². The zero-order valence-electron chi connectivity index (χ0n) is 29.9. The van der Waals surface area contributed by atoms with Crippen LogP contribution in [0.25, 0.3) is 10.8 Å². The lowest BCUT2D eigenvalue weighted by Crippen LogP contribution is -2.27. The molecule has 310 valence electrons. The molecule has 1 heterocycles. The maximum Gasteiger partial charge on any atom is 0.316 e. The number of primary amides is 1. The first kappa shape index (κ1) is 43.3. The summed E-state index contributed by atoms with van der Waals surface area (Å²) in [6.07, 6.45) is 0. The van der Waals surface area contributed by atoms with E-state index in [9.17, 15) is 55.4 Å². The summed E-state index contributed by atoms with van der Waals surface area (Å²) in [5.74, 6) is -1.27. The summed E-state index contributed by atoms with van der Waals surface area (Å²) in [7, 11) is -9.74. The van der Waals surface area contributed by atoms with Gasteiger partial charge in [-0.25, -0.2) is 4.79 Å². The molecule has 0 unspecified atom stereocenters. The van der Waals surface area contributed by atoms with Gasteiger partial charge in [0.1, 0.15) is 26.9 Å². The van der Waals surface area contributed by atoms with E-state index in [4.69, 9.17) is 17.3 Å². The summed E-state index contributed by atoms with van der Waals surface area (Å²) in [6, 6.07) is 8.78. The second-order valence-corrected chi connectivity index (χ2v) is 15.1. The Labute approximate surface area is 336 Å². The van der Waals surface area contributed by atoms with Crippen LogP contribution < -0.4 is 32.3 Å². The molecule has 5 rings (SSSR count). The summed E-state index contributed by atoms with van der Waals surface area (Å²) in [6.45, 7) is 2.36. The number of azo groups is 1. The molecule has 0 bridgehead atoms. The summed E-state index contributed by atoms with van der Waals surface area (Å²) in [5, 5.41) is 43.6. The number of nitrogens with two attached hydrogens (primary N) is 1. The fourth-order valence-electron chi connectivity index (χ4n) is 5.30. The van der Waals surface area contributed by atoms with E-state index in [1.54, 1.807) is 0 Å². The molecule has 1 aromatic heterocycles. The number of carbonyl (C=O) groups excluding carboxylic acids is 1. The van der Waals surface area contributed by atoms with E-state index in [2.05, 4.69) is 51.8 Å². The maximum absolute atomic E-state index is 14.0. The predicted molar refractivity (Wildman–Crippen MR) is 210 cm³/mol. The SMILES string of the molecule is Cc1cc(S(=O)(=O)O)c2cc(N=Nc3ccc(Nc4nc(Cl)nc(NCCNCCNc5cc(F)c([N+](=O)[O-])cc5[N+](=O)[O-])n4)cc3NC(N)=O)c(S(=O)(=O)O)cc2c1. The number of nitro benzene ring substituents is 2. The Kier molecular flexibility index (Phi) is 13.1. The number of halogens is 2. The van der Waals surface area contributed by atoms with Gasteiger partial charge in [0.15, 0.2) is 0 Å². The molecule has 9 N–H and O–H groups in total. The fourth-order valence-corrected chi connectivity index (χ4v) is 6.89. The molecule has 0 spiro atoms. The van der Waals surface area contributed by atoms with Crippen LogP contribution in [0.2, 0.25) is 5.28 Å². The van der Waals surface area contributed by atoms with Gasteiger partial charge in [0.05, 0.1) is 21.6 Å². The monoisotopic (exact) mass is 877 g/mol. The lowest BCUT2D eigenvalue weighted by molar-refractivity contribution is -0.395. The van der Waals surface area contributed by atoms with E-state index in [0.29, 0.717) is 24.2 Å². The van der Waals surface area contributed by atoms with Crippen LogP contribution >= 0.6 is 11.6 Å². The summed E-state index contributed by atoms with van der Waals surface area (Å²) < 4.78 is 82.6. The Morgan fingerprint density at radius 3 is 2.10 bits per heavy atom. The van der Waals surface area contributed by atoms with Crippen molar-refractivity contribution in [2.75, 3.05) is 47.4 Å². The van der Waals surface area contributed by atoms with E-state index in [0.717, 1.165) is 18.2 Å².